The summed E-state index contributed by atoms with van der Waals surface area (Å²) in [5.41, 5.74) is 0. The fraction of sp³-hybridized carbons (Fsp3) is 0.667. The topological polar surface area (TPSA) is 149 Å². The molecule has 0 heterocycles. The lowest BCUT2D eigenvalue weighted by Gasteiger charge is -2.28. The molecule has 112 valence electrons. The summed E-state index contributed by atoms with van der Waals surface area (Å²) in [5, 5.41) is 33.4. The highest BCUT2D eigenvalue weighted by atomic mass is 16.4. The van der Waals surface area contributed by atoms with Gasteiger partial charge in [-0.25, -0.2) is 0 Å². The van der Waals surface area contributed by atoms with Crippen molar-refractivity contribution < 1.29 is 39.6 Å². The van der Waals surface area contributed by atoms with Crippen molar-refractivity contribution in [2.24, 2.45) is 23.7 Å². The summed E-state index contributed by atoms with van der Waals surface area (Å²) in [6, 6.07) is 0. The SMILES string of the molecule is O=C(O)C1CC(C(=O)O)C1.O=C(O)C1CC(C(=O)O)C1. The number of hydrogen-bond acceptors (Lipinski definition) is 4. The third-order valence-electron chi connectivity index (χ3n) is 3.67. The molecule has 2 rings (SSSR count). The van der Waals surface area contributed by atoms with E-state index in [0.29, 0.717) is 25.7 Å². The Morgan fingerprint density at radius 3 is 0.750 bits per heavy atom. The van der Waals surface area contributed by atoms with Crippen molar-refractivity contribution in [3.8, 4) is 0 Å². The molecule has 0 aromatic heterocycles. The summed E-state index contributed by atoms with van der Waals surface area (Å²) in [4.78, 5) is 40.6. The van der Waals surface area contributed by atoms with Crippen LogP contribution in [0.4, 0.5) is 0 Å². The second kappa shape index (κ2) is 6.36. The predicted molar refractivity (Wildman–Crippen MR) is 63.0 cm³/mol. The first kappa shape index (κ1) is 15.9. The van der Waals surface area contributed by atoms with Gasteiger partial charge < -0.3 is 20.4 Å². The second-order valence-electron chi connectivity index (χ2n) is 5.08. The first-order valence-corrected chi connectivity index (χ1v) is 6.13. The van der Waals surface area contributed by atoms with Gasteiger partial charge in [-0.1, -0.05) is 0 Å². The largest absolute Gasteiger partial charge is 0.481 e. The summed E-state index contributed by atoms with van der Waals surface area (Å²) in [6.45, 7) is 0. The van der Waals surface area contributed by atoms with Crippen LogP contribution in [0.1, 0.15) is 25.7 Å². The number of carboxylic acid groups (broad SMARTS) is 4. The van der Waals surface area contributed by atoms with E-state index < -0.39 is 47.5 Å². The van der Waals surface area contributed by atoms with Gasteiger partial charge in [0.15, 0.2) is 0 Å². The maximum atomic E-state index is 10.2. The lowest BCUT2D eigenvalue weighted by Crippen LogP contribution is -2.34. The van der Waals surface area contributed by atoms with Gasteiger partial charge in [-0.05, 0) is 25.7 Å². The van der Waals surface area contributed by atoms with Crippen molar-refractivity contribution in [2.75, 3.05) is 0 Å². The second-order valence-corrected chi connectivity index (χ2v) is 5.08. The van der Waals surface area contributed by atoms with E-state index in [9.17, 15) is 19.2 Å². The normalized spacial score (nSPS) is 30.8. The van der Waals surface area contributed by atoms with Crippen molar-refractivity contribution in [3.63, 3.8) is 0 Å². The summed E-state index contributed by atoms with van der Waals surface area (Å²) in [6.07, 6.45) is 1.19. The lowest BCUT2D eigenvalue weighted by atomic mass is 9.75. The Balaban J connectivity index is 0.000000200. The third-order valence-corrected chi connectivity index (χ3v) is 3.67. The van der Waals surface area contributed by atoms with Crippen LogP contribution >= 0.6 is 0 Å². The molecule has 20 heavy (non-hydrogen) atoms. The Morgan fingerprint density at radius 2 is 0.650 bits per heavy atom. The van der Waals surface area contributed by atoms with E-state index in [2.05, 4.69) is 0 Å². The summed E-state index contributed by atoms with van der Waals surface area (Å²) >= 11 is 0. The zero-order valence-corrected chi connectivity index (χ0v) is 10.6. The standard InChI is InChI=1S/2C6H8O4/c2*7-5(8)3-1-4(2-3)6(9)10/h2*3-4H,1-2H2,(H,7,8)(H,9,10). The first-order valence-electron chi connectivity index (χ1n) is 6.13. The number of rotatable bonds is 4. The molecule has 0 saturated heterocycles. The maximum Gasteiger partial charge on any atom is 0.306 e. The molecule has 0 aliphatic heterocycles. The molecule has 0 unspecified atom stereocenters. The molecule has 2 saturated carbocycles. The fourth-order valence-corrected chi connectivity index (χ4v) is 2.04. The van der Waals surface area contributed by atoms with E-state index >= 15 is 0 Å². The van der Waals surface area contributed by atoms with Crippen LogP contribution in [0.5, 0.6) is 0 Å². The molecule has 0 bridgehead atoms. The molecule has 2 aliphatic rings. The van der Waals surface area contributed by atoms with Gasteiger partial charge in [-0.2, -0.15) is 0 Å². The van der Waals surface area contributed by atoms with Gasteiger partial charge in [0.05, 0.1) is 23.7 Å². The molecule has 0 aromatic carbocycles. The third kappa shape index (κ3) is 3.94. The van der Waals surface area contributed by atoms with Gasteiger partial charge in [-0.15, -0.1) is 0 Å². The van der Waals surface area contributed by atoms with Crippen molar-refractivity contribution >= 4 is 23.9 Å². The summed E-state index contributed by atoms with van der Waals surface area (Å²) in [7, 11) is 0. The smallest absolute Gasteiger partial charge is 0.306 e. The Hall–Kier alpha value is -2.12. The molecule has 2 fully saturated rings. The molecular formula is C12H16O8. The van der Waals surface area contributed by atoms with Crippen LogP contribution in [0, 0.1) is 23.7 Å². The average molecular weight is 288 g/mol. The van der Waals surface area contributed by atoms with E-state index in [1.54, 1.807) is 0 Å². The predicted octanol–water partition coefficient (Wildman–Crippen LogP) is 0.364. The number of aliphatic carboxylic acids is 4. The molecule has 0 atom stereocenters. The highest BCUT2D eigenvalue weighted by molar-refractivity contribution is 5.78. The van der Waals surface area contributed by atoms with Crippen LogP contribution < -0.4 is 0 Å². The van der Waals surface area contributed by atoms with Gasteiger partial charge in [0.25, 0.3) is 0 Å². The van der Waals surface area contributed by atoms with E-state index in [1.165, 1.54) is 0 Å². The van der Waals surface area contributed by atoms with Crippen molar-refractivity contribution in [3.05, 3.63) is 0 Å². The Morgan fingerprint density at radius 1 is 0.500 bits per heavy atom. The fourth-order valence-electron chi connectivity index (χ4n) is 2.04. The molecule has 0 spiro atoms. The number of carbonyl (C=O) groups is 4. The van der Waals surface area contributed by atoms with Gasteiger partial charge >= 0.3 is 23.9 Å². The van der Waals surface area contributed by atoms with Crippen LogP contribution in [-0.4, -0.2) is 44.3 Å². The molecule has 0 aromatic rings. The summed E-state index contributed by atoms with van der Waals surface area (Å²) < 4.78 is 0. The van der Waals surface area contributed by atoms with Crippen molar-refractivity contribution in [1.29, 1.82) is 0 Å². The number of carboxylic acids is 4. The van der Waals surface area contributed by atoms with Crippen molar-refractivity contribution in [1.82, 2.24) is 0 Å². The van der Waals surface area contributed by atoms with Crippen LogP contribution in [0.15, 0.2) is 0 Å². The molecule has 2 aliphatic carbocycles. The van der Waals surface area contributed by atoms with Crippen molar-refractivity contribution in [2.45, 2.75) is 25.7 Å². The van der Waals surface area contributed by atoms with Crippen LogP contribution in [0.2, 0.25) is 0 Å². The minimum atomic E-state index is -0.877. The van der Waals surface area contributed by atoms with E-state index in [0.717, 1.165) is 0 Å². The molecule has 0 amide bonds. The minimum absolute atomic E-state index is 0.296. The highest BCUT2D eigenvalue weighted by Gasteiger charge is 2.39. The molecule has 0 radical (unpaired) electrons. The minimum Gasteiger partial charge on any atom is -0.481 e. The van der Waals surface area contributed by atoms with Gasteiger partial charge in [0, 0.05) is 0 Å². The van der Waals surface area contributed by atoms with E-state index in [4.69, 9.17) is 20.4 Å². The van der Waals surface area contributed by atoms with Gasteiger partial charge in [0.2, 0.25) is 0 Å². The molecule has 8 nitrogen and oxygen atoms in total. The average Bonchev–Trinajstić information content (AvgIpc) is 2.09. The van der Waals surface area contributed by atoms with E-state index in [1.807, 2.05) is 0 Å². The highest BCUT2D eigenvalue weighted by Crippen LogP contribution is 2.34. The Labute approximate surface area is 114 Å². The Bertz CT molecular complexity index is 341. The van der Waals surface area contributed by atoms with Gasteiger partial charge in [0.1, 0.15) is 0 Å². The zero-order chi connectivity index (χ0) is 15.4. The molecular weight excluding hydrogens is 272 g/mol. The molecule has 8 heteroatoms. The van der Waals surface area contributed by atoms with Crippen LogP contribution in [0.3, 0.4) is 0 Å². The molecule has 4 N–H and O–H groups in total. The van der Waals surface area contributed by atoms with Gasteiger partial charge in [-0.3, -0.25) is 19.2 Å². The Kier molecular flexibility index (Phi) is 5.06. The van der Waals surface area contributed by atoms with E-state index in [-0.39, 0.29) is 0 Å². The van der Waals surface area contributed by atoms with Crippen LogP contribution in [-0.2, 0) is 19.2 Å². The quantitative estimate of drug-likeness (QED) is 0.579. The lowest BCUT2D eigenvalue weighted by molar-refractivity contribution is -0.156. The zero-order valence-electron chi connectivity index (χ0n) is 10.6. The first-order chi connectivity index (χ1) is 9.22. The maximum absolute atomic E-state index is 10.2. The monoisotopic (exact) mass is 288 g/mol. The number of hydrogen-bond donors (Lipinski definition) is 4. The summed E-state index contributed by atoms with van der Waals surface area (Å²) in [5.74, 6) is -5.17. The van der Waals surface area contributed by atoms with Crippen LogP contribution in [0.25, 0.3) is 0 Å².